The molecule has 0 unspecified atom stereocenters. The highest BCUT2D eigenvalue weighted by atomic mass is 19.2. The lowest BCUT2D eigenvalue weighted by molar-refractivity contribution is 0.259. The lowest BCUT2D eigenvalue weighted by Gasteiger charge is -2.44. The minimum atomic E-state index is -7.22. The average Bonchev–Trinajstić information content (AvgIpc) is 3.29. The van der Waals surface area contributed by atoms with Crippen molar-refractivity contribution in [3.63, 3.8) is 0 Å². The van der Waals surface area contributed by atoms with Crippen LogP contribution in [0.3, 0.4) is 0 Å². The molecule has 5 rings (SSSR count). The Morgan fingerprint density at radius 2 is 0.484 bits per heavy atom. The van der Waals surface area contributed by atoms with Crippen molar-refractivity contribution in [2.45, 2.75) is 59.3 Å². The topological polar surface area (TPSA) is 0 Å². The molecule has 0 atom stereocenters. The Labute approximate surface area is 351 Å². The normalized spacial score (nSPS) is 11.9. The van der Waals surface area contributed by atoms with Gasteiger partial charge in [0.2, 0.25) is 0 Å². The zero-order valence-corrected chi connectivity index (χ0v) is 33.3. The fourth-order valence-corrected chi connectivity index (χ4v) is 7.72. The van der Waals surface area contributed by atoms with Gasteiger partial charge in [0, 0.05) is 0 Å². The third kappa shape index (κ3) is 8.53. The van der Waals surface area contributed by atoms with Crippen molar-refractivity contribution in [1.82, 2.24) is 4.48 Å². The zero-order chi connectivity index (χ0) is 48.3. The third-order valence-corrected chi connectivity index (χ3v) is 10.8. The van der Waals surface area contributed by atoms with Crippen molar-refractivity contribution in [3.05, 3.63) is 147 Å². The maximum Gasteiger partial charge on any atom is 0.200 e. The standard InChI is InChI=1S/C24BF20.C18H32N/c26-5-1(6(27)14(35)21(42)13(5)34)25(2-7(28)15(36)22(43)16(37)8(2)29,3-9(30)17(38)23(44)18(39)10(3)31)4-11(32)19(40)24(45)20(41)12(4)33;1-4-7-15-19(16-8-5-2,17-9-6-3)18-13-11-10-12-14-18/h;10-14H,4-9,15-17H2,1-3H3/q-1;+1. The first-order valence-corrected chi connectivity index (χ1v) is 19.1. The molecule has 0 saturated heterocycles. The fourth-order valence-electron chi connectivity index (χ4n) is 7.72. The second kappa shape index (κ2) is 20.3. The van der Waals surface area contributed by atoms with Crippen LogP contribution in [-0.4, -0.2) is 25.8 Å². The highest BCUT2D eigenvalue weighted by molar-refractivity contribution is 7.20. The van der Waals surface area contributed by atoms with Crippen molar-refractivity contribution in [2.24, 2.45) is 0 Å². The lowest BCUT2D eigenvalue weighted by Crippen LogP contribution is -2.81. The van der Waals surface area contributed by atoms with Crippen LogP contribution in [0.1, 0.15) is 59.3 Å². The molecule has 5 aromatic carbocycles. The number of hydrogen-bond donors (Lipinski definition) is 0. The summed E-state index contributed by atoms with van der Waals surface area (Å²) in [5, 5.41) is 0. The molecule has 0 aliphatic rings. The second-order valence-corrected chi connectivity index (χ2v) is 14.5. The van der Waals surface area contributed by atoms with Crippen molar-refractivity contribution in [2.75, 3.05) is 19.6 Å². The van der Waals surface area contributed by atoms with Crippen LogP contribution in [-0.2, 0) is 0 Å². The minimum absolute atomic E-state index is 1.20. The molecule has 0 aromatic heterocycles. The van der Waals surface area contributed by atoms with E-state index in [1.165, 1.54) is 68.3 Å². The molecule has 1 nitrogen and oxygen atoms in total. The number of nitrogens with zero attached hydrogens (tertiary/aromatic N) is 1. The first-order chi connectivity index (χ1) is 30.0. The summed E-state index contributed by atoms with van der Waals surface area (Å²) in [6.07, 6.45) is 0.680. The highest BCUT2D eigenvalue weighted by Gasteiger charge is 2.52. The summed E-state index contributed by atoms with van der Waals surface area (Å²) in [4.78, 5) is 0. The summed E-state index contributed by atoms with van der Waals surface area (Å²) in [5.74, 6) is -71.4. The Bertz CT molecular complexity index is 2130. The number of halogens is 20. The van der Waals surface area contributed by atoms with Gasteiger partial charge in [0.05, 0.1) is 19.6 Å². The van der Waals surface area contributed by atoms with Gasteiger partial charge in [0.1, 0.15) is 58.4 Å². The van der Waals surface area contributed by atoms with Crippen LogP contribution in [0.2, 0.25) is 0 Å². The van der Waals surface area contributed by atoms with Gasteiger partial charge in [-0.2, -0.15) is 0 Å². The minimum Gasteiger partial charge on any atom is -0.291 e. The quantitative estimate of drug-likeness (QED) is 0.0342. The van der Waals surface area contributed by atoms with Gasteiger partial charge in [-0.3, -0.25) is 4.48 Å². The predicted octanol–water partition coefficient (Wildman–Crippen LogP) is 11.2. The van der Waals surface area contributed by atoms with E-state index < -0.39 is 144 Å². The van der Waals surface area contributed by atoms with Crippen LogP contribution in [0.4, 0.5) is 93.5 Å². The average molecular weight is 941 g/mol. The van der Waals surface area contributed by atoms with Crippen LogP contribution in [0.25, 0.3) is 0 Å². The lowest BCUT2D eigenvalue weighted by atomic mass is 9.12. The van der Waals surface area contributed by atoms with Gasteiger partial charge in [-0.15, -0.1) is 21.9 Å². The third-order valence-electron chi connectivity index (χ3n) is 10.8. The van der Waals surface area contributed by atoms with Crippen LogP contribution < -0.4 is 26.3 Å². The summed E-state index contributed by atoms with van der Waals surface area (Å²) in [6.45, 7) is 10.8. The SMILES string of the molecule is CCCC[N+](CCCC)(CCCC)c1ccccc1.Fc1c(F)c(F)c([B-](c2c(F)c(F)c(F)c(F)c2F)(c2c(F)c(F)c(F)c(F)c2F)c2c(F)c(F)c(F)c(F)c2F)c(F)c1F. The van der Waals surface area contributed by atoms with Crippen molar-refractivity contribution < 1.29 is 87.8 Å². The van der Waals surface area contributed by atoms with Crippen LogP contribution in [0.15, 0.2) is 30.3 Å². The van der Waals surface area contributed by atoms with E-state index in [1.807, 2.05) is 0 Å². The maximum absolute atomic E-state index is 15.4. The monoisotopic (exact) mass is 941 g/mol. The van der Waals surface area contributed by atoms with Crippen molar-refractivity contribution in [1.29, 1.82) is 0 Å². The highest BCUT2D eigenvalue weighted by Crippen LogP contribution is 2.31. The van der Waals surface area contributed by atoms with Gasteiger partial charge in [-0.05, 0) is 31.4 Å². The number of benzene rings is 5. The van der Waals surface area contributed by atoms with E-state index in [0.29, 0.717) is 0 Å². The molecular formula is C42H32BF20N. The predicted molar refractivity (Wildman–Crippen MR) is 197 cm³/mol. The number of rotatable bonds is 14. The van der Waals surface area contributed by atoms with Crippen LogP contribution in [0, 0.1) is 116 Å². The van der Waals surface area contributed by atoms with Gasteiger partial charge in [-0.25, -0.2) is 87.8 Å². The largest absolute Gasteiger partial charge is 0.291 e. The molecule has 0 N–H and O–H groups in total. The van der Waals surface area contributed by atoms with Crippen LogP contribution >= 0.6 is 0 Å². The summed E-state index contributed by atoms with van der Waals surface area (Å²) in [6, 6.07) is 11.2. The molecule has 0 amide bonds. The summed E-state index contributed by atoms with van der Waals surface area (Å²) in [7, 11) is 0. The van der Waals surface area contributed by atoms with Gasteiger partial charge < -0.3 is 0 Å². The molecule has 0 fully saturated rings. The molecule has 5 aromatic rings. The number of unbranched alkanes of at least 4 members (excludes halogenated alkanes) is 3. The van der Waals surface area contributed by atoms with Crippen molar-refractivity contribution >= 4 is 33.7 Å². The second-order valence-electron chi connectivity index (χ2n) is 14.5. The first kappa shape index (κ1) is 51.4. The molecule has 0 aliphatic carbocycles. The molecular weight excluding hydrogens is 909 g/mol. The molecule has 0 radical (unpaired) electrons. The van der Waals surface area contributed by atoms with E-state index >= 15 is 35.1 Å². The zero-order valence-electron chi connectivity index (χ0n) is 33.3. The molecule has 0 spiro atoms. The summed E-state index contributed by atoms with van der Waals surface area (Å²) >= 11 is 0. The Hall–Kier alpha value is -5.28. The van der Waals surface area contributed by atoms with E-state index in [-0.39, 0.29) is 0 Å². The maximum atomic E-state index is 15.4. The van der Waals surface area contributed by atoms with E-state index in [4.69, 9.17) is 0 Å². The molecule has 22 heteroatoms. The Morgan fingerprint density at radius 3 is 0.672 bits per heavy atom. The van der Waals surface area contributed by atoms with Gasteiger partial charge >= 0.3 is 0 Å². The molecule has 64 heavy (non-hydrogen) atoms. The van der Waals surface area contributed by atoms with E-state index in [1.54, 1.807) is 0 Å². The van der Waals surface area contributed by atoms with Gasteiger partial charge in [-0.1, -0.05) is 58.2 Å². The molecule has 0 saturated carbocycles. The molecule has 0 aliphatic heterocycles. The molecule has 0 heterocycles. The number of para-hydroxylation sites is 1. The fraction of sp³-hybridized carbons (Fsp3) is 0.286. The Morgan fingerprint density at radius 1 is 0.297 bits per heavy atom. The number of quaternary nitrogens is 1. The summed E-state index contributed by atoms with van der Waals surface area (Å²) in [5.41, 5.74) is -12.8. The molecule has 0 bridgehead atoms. The number of hydrogen-bond acceptors (Lipinski definition) is 0. The summed E-state index contributed by atoms with van der Waals surface area (Å²) < 4.78 is 295. The van der Waals surface area contributed by atoms with E-state index in [2.05, 4.69) is 51.1 Å². The van der Waals surface area contributed by atoms with Gasteiger partial charge in [0.15, 0.2) is 69.8 Å². The van der Waals surface area contributed by atoms with Crippen LogP contribution in [0.5, 0.6) is 0 Å². The van der Waals surface area contributed by atoms with Gasteiger partial charge in [0.25, 0.3) is 0 Å². The van der Waals surface area contributed by atoms with Crippen molar-refractivity contribution in [3.8, 4) is 0 Å². The smallest absolute Gasteiger partial charge is 0.200 e. The Kier molecular flexibility index (Phi) is 16.3. The van der Waals surface area contributed by atoms with E-state index in [0.717, 1.165) is 0 Å². The Balaban J connectivity index is 0.000000395. The molecule has 348 valence electrons. The van der Waals surface area contributed by atoms with E-state index in [9.17, 15) is 52.7 Å². The first-order valence-electron chi connectivity index (χ1n) is 19.1.